The zero-order valence-corrected chi connectivity index (χ0v) is 12.6. The number of rotatable bonds is 5. The van der Waals surface area contributed by atoms with Crippen molar-refractivity contribution in [3.05, 3.63) is 34.9 Å². The molecule has 1 atom stereocenters. The molecule has 0 aromatic heterocycles. The summed E-state index contributed by atoms with van der Waals surface area (Å²) in [7, 11) is 4.31. The zero-order chi connectivity index (χ0) is 13.9. The van der Waals surface area contributed by atoms with Crippen molar-refractivity contribution in [2.45, 2.75) is 43.7 Å². The summed E-state index contributed by atoms with van der Waals surface area (Å²) in [5, 5.41) is 0.828. The Balaban J connectivity index is 2.22. The van der Waals surface area contributed by atoms with Gasteiger partial charge in [0.05, 0.1) is 0 Å². The first-order valence-electron chi connectivity index (χ1n) is 6.97. The second kappa shape index (κ2) is 6.23. The monoisotopic (exact) mass is 281 g/mol. The predicted octanol–water partition coefficient (Wildman–Crippen LogP) is 2.59. The van der Waals surface area contributed by atoms with Crippen LogP contribution in [0.1, 0.15) is 31.2 Å². The van der Waals surface area contributed by atoms with Gasteiger partial charge in [-0.15, -0.1) is 0 Å². The van der Waals surface area contributed by atoms with Gasteiger partial charge in [-0.2, -0.15) is 0 Å². The van der Waals surface area contributed by atoms with E-state index < -0.39 is 0 Å². The van der Waals surface area contributed by atoms with E-state index in [1.165, 1.54) is 31.2 Å². The van der Waals surface area contributed by atoms with Gasteiger partial charge in [-0.25, -0.2) is 0 Å². The second-order valence-electron chi connectivity index (χ2n) is 5.72. The molecule has 4 heteroatoms. The molecule has 0 spiro atoms. The molecule has 0 heterocycles. The van der Waals surface area contributed by atoms with Gasteiger partial charge in [-0.3, -0.25) is 11.3 Å². The van der Waals surface area contributed by atoms with Gasteiger partial charge < -0.3 is 4.90 Å². The Bertz CT molecular complexity index is 414. The molecule has 1 unspecified atom stereocenters. The second-order valence-corrected chi connectivity index (χ2v) is 6.13. The molecule has 0 amide bonds. The highest BCUT2D eigenvalue weighted by atomic mass is 35.5. The quantitative estimate of drug-likeness (QED) is 0.644. The van der Waals surface area contributed by atoms with Crippen LogP contribution in [0.4, 0.5) is 0 Å². The largest absolute Gasteiger partial charge is 0.302 e. The highest BCUT2D eigenvalue weighted by molar-refractivity contribution is 6.31. The molecule has 2 rings (SSSR count). The molecule has 1 aliphatic carbocycles. The molecular formula is C15H24ClN3. The summed E-state index contributed by atoms with van der Waals surface area (Å²) in [4.78, 5) is 2.33. The lowest BCUT2D eigenvalue weighted by molar-refractivity contribution is 0.104. The van der Waals surface area contributed by atoms with Gasteiger partial charge in [-0.1, -0.05) is 42.6 Å². The van der Waals surface area contributed by atoms with E-state index in [1.807, 2.05) is 18.2 Å². The van der Waals surface area contributed by atoms with E-state index in [4.69, 9.17) is 17.4 Å². The van der Waals surface area contributed by atoms with Gasteiger partial charge in [0.1, 0.15) is 0 Å². The van der Waals surface area contributed by atoms with Crippen LogP contribution >= 0.6 is 11.6 Å². The maximum Gasteiger partial charge on any atom is 0.0438 e. The molecule has 1 aliphatic rings. The molecule has 106 valence electrons. The van der Waals surface area contributed by atoms with E-state index >= 15 is 0 Å². The minimum atomic E-state index is 0.147. The Morgan fingerprint density at radius 3 is 2.47 bits per heavy atom. The number of hydrazine groups is 1. The number of nitrogens with zero attached hydrogens (tertiary/aromatic N) is 1. The molecule has 0 saturated heterocycles. The number of likely N-dealkylation sites (N-methyl/N-ethyl adjacent to an activating group) is 1. The Morgan fingerprint density at radius 2 is 1.95 bits per heavy atom. The number of hydrogen-bond acceptors (Lipinski definition) is 3. The summed E-state index contributed by atoms with van der Waals surface area (Å²) in [5.41, 5.74) is 4.36. The maximum absolute atomic E-state index is 6.27. The van der Waals surface area contributed by atoms with Crippen LogP contribution in [0.5, 0.6) is 0 Å². The number of benzene rings is 1. The van der Waals surface area contributed by atoms with Crippen molar-refractivity contribution in [1.29, 1.82) is 0 Å². The van der Waals surface area contributed by atoms with Gasteiger partial charge in [0.2, 0.25) is 0 Å². The highest BCUT2D eigenvalue weighted by Gasteiger charge is 2.42. The number of halogens is 1. The van der Waals surface area contributed by atoms with Crippen LogP contribution in [0.15, 0.2) is 24.3 Å². The third-order valence-corrected chi connectivity index (χ3v) is 4.96. The van der Waals surface area contributed by atoms with Crippen LogP contribution in [0.2, 0.25) is 5.02 Å². The highest BCUT2D eigenvalue weighted by Crippen LogP contribution is 2.38. The first kappa shape index (κ1) is 14.8. The molecule has 0 radical (unpaired) electrons. The third kappa shape index (κ3) is 2.95. The van der Waals surface area contributed by atoms with Gasteiger partial charge in [0.25, 0.3) is 0 Å². The van der Waals surface area contributed by atoms with Crippen molar-refractivity contribution in [1.82, 2.24) is 10.3 Å². The molecule has 1 aromatic rings. The molecule has 3 nitrogen and oxygen atoms in total. The number of nitrogens with two attached hydrogens (primary N) is 1. The van der Waals surface area contributed by atoms with Crippen molar-refractivity contribution >= 4 is 11.6 Å². The topological polar surface area (TPSA) is 41.3 Å². The standard InChI is InChI=1S/C15H24ClN3/c1-19(2)15(9-5-6-10-15)14(18-17)11-12-7-3-4-8-13(12)16/h3-4,7-8,14,18H,5-6,9-11,17H2,1-2H3. The summed E-state index contributed by atoms with van der Waals surface area (Å²) < 4.78 is 0. The molecule has 19 heavy (non-hydrogen) atoms. The van der Waals surface area contributed by atoms with E-state index in [0.29, 0.717) is 0 Å². The summed E-state index contributed by atoms with van der Waals surface area (Å²) in [6.45, 7) is 0. The molecule has 3 N–H and O–H groups in total. The summed E-state index contributed by atoms with van der Waals surface area (Å²) in [6.07, 6.45) is 5.81. The van der Waals surface area contributed by atoms with Crippen LogP contribution in [0.25, 0.3) is 0 Å². The molecule has 0 aliphatic heterocycles. The average molecular weight is 282 g/mol. The van der Waals surface area contributed by atoms with Crippen molar-refractivity contribution in [3.8, 4) is 0 Å². The molecular weight excluding hydrogens is 258 g/mol. The average Bonchev–Trinajstić information content (AvgIpc) is 2.88. The molecule has 0 bridgehead atoms. The van der Waals surface area contributed by atoms with Gasteiger partial charge in [0, 0.05) is 16.6 Å². The lowest BCUT2D eigenvalue weighted by Gasteiger charge is -2.43. The van der Waals surface area contributed by atoms with Crippen LogP contribution < -0.4 is 11.3 Å². The minimum Gasteiger partial charge on any atom is -0.302 e. The van der Waals surface area contributed by atoms with Crippen LogP contribution in [0, 0.1) is 0 Å². The fourth-order valence-electron chi connectivity index (χ4n) is 3.38. The molecule has 1 aromatic carbocycles. The van der Waals surface area contributed by atoms with E-state index in [1.54, 1.807) is 0 Å². The van der Waals surface area contributed by atoms with E-state index in [9.17, 15) is 0 Å². The van der Waals surface area contributed by atoms with Crippen molar-refractivity contribution in [2.24, 2.45) is 5.84 Å². The van der Waals surface area contributed by atoms with E-state index in [2.05, 4.69) is 30.5 Å². The van der Waals surface area contributed by atoms with Crippen LogP contribution in [0.3, 0.4) is 0 Å². The molecule has 1 fully saturated rings. The van der Waals surface area contributed by atoms with Crippen molar-refractivity contribution in [3.63, 3.8) is 0 Å². The molecule has 1 saturated carbocycles. The third-order valence-electron chi connectivity index (χ3n) is 4.59. The lowest BCUT2D eigenvalue weighted by atomic mass is 9.83. The fraction of sp³-hybridized carbons (Fsp3) is 0.600. The maximum atomic E-state index is 6.27. The van der Waals surface area contributed by atoms with Gasteiger partial charge in [0.15, 0.2) is 0 Å². The van der Waals surface area contributed by atoms with Crippen LogP contribution in [-0.4, -0.2) is 30.6 Å². The fourth-order valence-corrected chi connectivity index (χ4v) is 3.60. The first-order valence-corrected chi connectivity index (χ1v) is 7.35. The van der Waals surface area contributed by atoms with Gasteiger partial charge in [-0.05, 0) is 45.0 Å². The predicted molar refractivity (Wildman–Crippen MR) is 81.2 cm³/mol. The Labute approximate surface area is 121 Å². The normalized spacial score (nSPS) is 19.8. The zero-order valence-electron chi connectivity index (χ0n) is 11.8. The summed E-state index contributed by atoms with van der Waals surface area (Å²) in [6, 6.07) is 8.26. The summed E-state index contributed by atoms with van der Waals surface area (Å²) >= 11 is 6.27. The minimum absolute atomic E-state index is 0.147. The van der Waals surface area contributed by atoms with Crippen molar-refractivity contribution in [2.75, 3.05) is 14.1 Å². The lowest BCUT2D eigenvalue weighted by Crippen LogP contribution is -2.60. The first-order chi connectivity index (χ1) is 9.10. The Morgan fingerprint density at radius 1 is 1.32 bits per heavy atom. The summed E-state index contributed by atoms with van der Waals surface area (Å²) in [5.74, 6) is 5.85. The number of hydrogen-bond donors (Lipinski definition) is 2. The van der Waals surface area contributed by atoms with E-state index in [0.717, 1.165) is 11.4 Å². The Hall–Kier alpha value is -0.610. The van der Waals surface area contributed by atoms with Gasteiger partial charge >= 0.3 is 0 Å². The SMILES string of the molecule is CN(C)C1(C(Cc2ccccc2Cl)NN)CCCC1. The smallest absolute Gasteiger partial charge is 0.0438 e. The Kier molecular flexibility index (Phi) is 4.85. The van der Waals surface area contributed by atoms with Crippen LogP contribution in [-0.2, 0) is 6.42 Å². The number of nitrogens with one attached hydrogen (secondary N) is 1. The van der Waals surface area contributed by atoms with Crippen molar-refractivity contribution < 1.29 is 0 Å². The van der Waals surface area contributed by atoms with E-state index in [-0.39, 0.29) is 11.6 Å².